The molecule has 0 spiro atoms. The first kappa shape index (κ1) is 13.2. The number of benzene rings is 1. The maximum absolute atomic E-state index is 11.4. The Bertz CT molecular complexity index is 348. The minimum absolute atomic E-state index is 0.150. The SMILES string of the molecule is CC(C)CC(=O)COCc1cccc(Cl)c1. The zero-order valence-electron chi connectivity index (χ0n) is 9.70. The maximum atomic E-state index is 11.4. The summed E-state index contributed by atoms with van der Waals surface area (Å²) in [6, 6.07) is 7.46. The van der Waals surface area contributed by atoms with E-state index < -0.39 is 0 Å². The van der Waals surface area contributed by atoms with Crippen molar-refractivity contribution in [3.05, 3.63) is 34.9 Å². The van der Waals surface area contributed by atoms with Crippen LogP contribution in [0.5, 0.6) is 0 Å². The summed E-state index contributed by atoms with van der Waals surface area (Å²) in [5.41, 5.74) is 0.991. The molecule has 0 N–H and O–H groups in total. The van der Waals surface area contributed by atoms with Crippen molar-refractivity contribution in [2.24, 2.45) is 5.92 Å². The van der Waals surface area contributed by atoms with Gasteiger partial charge in [-0.3, -0.25) is 4.79 Å². The molecule has 0 unspecified atom stereocenters. The molecule has 88 valence electrons. The van der Waals surface area contributed by atoms with E-state index in [1.54, 1.807) is 0 Å². The Morgan fingerprint density at radius 1 is 1.44 bits per heavy atom. The van der Waals surface area contributed by atoms with Crippen molar-refractivity contribution < 1.29 is 9.53 Å². The van der Waals surface area contributed by atoms with Crippen LogP contribution in [-0.2, 0) is 16.1 Å². The van der Waals surface area contributed by atoms with Gasteiger partial charge in [-0.25, -0.2) is 0 Å². The molecular weight excluding hydrogens is 224 g/mol. The molecule has 0 amide bonds. The van der Waals surface area contributed by atoms with Crippen LogP contribution >= 0.6 is 11.6 Å². The minimum Gasteiger partial charge on any atom is -0.369 e. The fourth-order valence-corrected chi connectivity index (χ4v) is 1.64. The minimum atomic E-state index is 0.150. The second-order valence-electron chi connectivity index (χ2n) is 4.26. The molecule has 0 radical (unpaired) electrons. The fraction of sp³-hybridized carbons (Fsp3) is 0.462. The number of hydrogen-bond donors (Lipinski definition) is 0. The first-order chi connectivity index (χ1) is 7.58. The third kappa shape index (κ3) is 5.29. The zero-order chi connectivity index (χ0) is 12.0. The molecule has 0 fully saturated rings. The van der Waals surface area contributed by atoms with Crippen molar-refractivity contribution in [3.63, 3.8) is 0 Å². The van der Waals surface area contributed by atoms with Gasteiger partial charge in [0.15, 0.2) is 5.78 Å². The molecule has 0 aliphatic carbocycles. The maximum Gasteiger partial charge on any atom is 0.158 e. The van der Waals surface area contributed by atoms with E-state index in [0.29, 0.717) is 24.0 Å². The Balaban J connectivity index is 2.28. The van der Waals surface area contributed by atoms with Gasteiger partial charge in [-0.1, -0.05) is 37.6 Å². The highest BCUT2D eigenvalue weighted by atomic mass is 35.5. The summed E-state index contributed by atoms with van der Waals surface area (Å²) in [5.74, 6) is 0.541. The Morgan fingerprint density at radius 2 is 2.19 bits per heavy atom. The predicted octanol–water partition coefficient (Wildman–Crippen LogP) is 3.47. The molecule has 1 rings (SSSR count). The molecule has 16 heavy (non-hydrogen) atoms. The van der Waals surface area contributed by atoms with Gasteiger partial charge in [0.1, 0.15) is 6.61 Å². The number of rotatable bonds is 6. The molecule has 0 heterocycles. The molecular formula is C13H17ClO2. The number of ether oxygens (including phenoxy) is 1. The number of carbonyl (C=O) groups excluding carboxylic acids is 1. The van der Waals surface area contributed by atoms with Crippen molar-refractivity contribution in [1.29, 1.82) is 0 Å². The molecule has 0 aromatic heterocycles. The molecule has 3 heteroatoms. The number of ketones is 1. The third-order valence-corrected chi connectivity index (χ3v) is 2.29. The van der Waals surface area contributed by atoms with Gasteiger partial charge in [0.25, 0.3) is 0 Å². The van der Waals surface area contributed by atoms with Gasteiger partial charge >= 0.3 is 0 Å². The van der Waals surface area contributed by atoms with E-state index in [4.69, 9.17) is 16.3 Å². The Labute approximate surface area is 102 Å². The molecule has 0 saturated heterocycles. The van der Waals surface area contributed by atoms with Crippen molar-refractivity contribution in [2.45, 2.75) is 26.9 Å². The summed E-state index contributed by atoms with van der Waals surface area (Å²) >= 11 is 5.83. The van der Waals surface area contributed by atoms with Crippen LogP contribution in [0.2, 0.25) is 5.02 Å². The third-order valence-electron chi connectivity index (χ3n) is 2.06. The number of Topliss-reactive ketones (excluding diaryl/α,β-unsaturated/α-hetero) is 1. The zero-order valence-corrected chi connectivity index (χ0v) is 10.5. The van der Waals surface area contributed by atoms with Crippen LogP contribution in [0, 0.1) is 5.92 Å². The first-order valence-corrected chi connectivity index (χ1v) is 5.79. The second kappa shape index (κ2) is 6.66. The Kier molecular flexibility index (Phi) is 5.50. The molecule has 0 atom stereocenters. The summed E-state index contributed by atoms with van der Waals surface area (Å²) in [6.45, 7) is 4.67. The lowest BCUT2D eigenvalue weighted by Crippen LogP contribution is -2.11. The standard InChI is InChI=1S/C13H17ClO2/c1-10(2)6-13(15)9-16-8-11-4-3-5-12(14)7-11/h3-5,7,10H,6,8-9H2,1-2H3. The Hall–Kier alpha value is -0.860. The van der Waals surface area contributed by atoms with E-state index in [0.717, 1.165) is 5.56 Å². The molecule has 0 saturated carbocycles. The van der Waals surface area contributed by atoms with Crippen molar-refractivity contribution >= 4 is 17.4 Å². The van der Waals surface area contributed by atoms with Gasteiger partial charge < -0.3 is 4.74 Å². The highest BCUT2D eigenvalue weighted by Gasteiger charge is 2.05. The van der Waals surface area contributed by atoms with Gasteiger partial charge in [0, 0.05) is 11.4 Å². The van der Waals surface area contributed by atoms with E-state index in [1.807, 2.05) is 38.1 Å². The molecule has 0 aliphatic heterocycles. The lowest BCUT2D eigenvalue weighted by Gasteiger charge is -2.05. The van der Waals surface area contributed by atoms with Crippen LogP contribution in [0.3, 0.4) is 0 Å². The van der Waals surface area contributed by atoms with Crippen LogP contribution in [0.15, 0.2) is 24.3 Å². The lowest BCUT2D eigenvalue weighted by atomic mass is 10.1. The van der Waals surface area contributed by atoms with Crippen LogP contribution < -0.4 is 0 Å². The van der Waals surface area contributed by atoms with E-state index >= 15 is 0 Å². The molecule has 1 aromatic rings. The fourth-order valence-electron chi connectivity index (χ4n) is 1.42. The van der Waals surface area contributed by atoms with E-state index in [2.05, 4.69) is 0 Å². The van der Waals surface area contributed by atoms with E-state index in [-0.39, 0.29) is 12.4 Å². The highest BCUT2D eigenvalue weighted by molar-refractivity contribution is 6.30. The largest absolute Gasteiger partial charge is 0.369 e. The second-order valence-corrected chi connectivity index (χ2v) is 4.70. The monoisotopic (exact) mass is 240 g/mol. The summed E-state index contributed by atoms with van der Waals surface area (Å²) in [5, 5.41) is 0.689. The first-order valence-electron chi connectivity index (χ1n) is 5.42. The normalized spacial score (nSPS) is 10.8. The van der Waals surface area contributed by atoms with Crippen molar-refractivity contribution in [3.8, 4) is 0 Å². The van der Waals surface area contributed by atoms with Crippen LogP contribution in [0.25, 0.3) is 0 Å². The van der Waals surface area contributed by atoms with Gasteiger partial charge in [-0.05, 0) is 23.6 Å². The van der Waals surface area contributed by atoms with Crippen LogP contribution in [0.4, 0.5) is 0 Å². The smallest absolute Gasteiger partial charge is 0.158 e. The van der Waals surface area contributed by atoms with Gasteiger partial charge in [-0.15, -0.1) is 0 Å². The predicted molar refractivity (Wildman–Crippen MR) is 65.6 cm³/mol. The molecule has 0 aliphatic rings. The quantitative estimate of drug-likeness (QED) is 0.761. The summed E-state index contributed by atoms with van der Waals surface area (Å²) < 4.78 is 5.33. The number of halogens is 1. The Morgan fingerprint density at radius 3 is 2.81 bits per heavy atom. The average molecular weight is 241 g/mol. The van der Waals surface area contributed by atoms with Crippen LogP contribution in [0.1, 0.15) is 25.8 Å². The number of hydrogen-bond acceptors (Lipinski definition) is 2. The highest BCUT2D eigenvalue weighted by Crippen LogP contribution is 2.11. The summed E-state index contributed by atoms with van der Waals surface area (Å²) in [7, 11) is 0. The van der Waals surface area contributed by atoms with Gasteiger partial charge in [0.2, 0.25) is 0 Å². The molecule has 2 nitrogen and oxygen atoms in total. The molecule has 1 aromatic carbocycles. The van der Waals surface area contributed by atoms with E-state index in [9.17, 15) is 4.79 Å². The average Bonchev–Trinajstić information content (AvgIpc) is 2.16. The van der Waals surface area contributed by atoms with Crippen molar-refractivity contribution in [1.82, 2.24) is 0 Å². The number of carbonyl (C=O) groups is 1. The van der Waals surface area contributed by atoms with E-state index in [1.165, 1.54) is 0 Å². The summed E-state index contributed by atoms with van der Waals surface area (Å²) in [4.78, 5) is 11.4. The van der Waals surface area contributed by atoms with Crippen molar-refractivity contribution in [2.75, 3.05) is 6.61 Å². The topological polar surface area (TPSA) is 26.3 Å². The van der Waals surface area contributed by atoms with Gasteiger partial charge in [0.05, 0.1) is 6.61 Å². The molecule has 0 bridgehead atoms. The van der Waals surface area contributed by atoms with Gasteiger partial charge in [-0.2, -0.15) is 0 Å². The van der Waals surface area contributed by atoms with Crippen LogP contribution in [-0.4, -0.2) is 12.4 Å². The summed E-state index contributed by atoms with van der Waals surface area (Å²) in [6.07, 6.45) is 0.579. The lowest BCUT2D eigenvalue weighted by molar-refractivity contribution is -0.124.